The first-order chi connectivity index (χ1) is 3.66. The fraction of sp³-hybridized carbons (Fsp3) is 0.750. The van der Waals surface area contributed by atoms with Gasteiger partial charge in [-0.3, -0.25) is 0 Å². The average Bonchev–Trinajstić information content (AvgIpc) is 1.65. The second-order valence-electron chi connectivity index (χ2n) is 1.49. The summed E-state index contributed by atoms with van der Waals surface area (Å²) in [5, 5.41) is -0.443. The lowest BCUT2D eigenvalue weighted by Crippen LogP contribution is -2.04. The van der Waals surface area contributed by atoms with E-state index in [-0.39, 0.29) is 6.10 Å². The average molecular weight is 155 g/mol. The fourth-order valence-corrected chi connectivity index (χ4v) is 0.549. The highest BCUT2D eigenvalue weighted by molar-refractivity contribution is 8.32. The topological polar surface area (TPSA) is 26.3 Å². The van der Waals surface area contributed by atoms with E-state index in [1.807, 2.05) is 0 Å². The summed E-state index contributed by atoms with van der Waals surface area (Å²) < 4.78 is 4.59. The summed E-state index contributed by atoms with van der Waals surface area (Å²) in [7, 11) is 5.60. The van der Waals surface area contributed by atoms with Gasteiger partial charge in [0.2, 0.25) is 0 Å². The van der Waals surface area contributed by atoms with Crippen molar-refractivity contribution in [1.29, 1.82) is 0 Å². The van der Waals surface area contributed by atoms with Crippen LogP contribution < -0.4 is 0 Å². The molecule has 0 unspecified atom stereocenters. The maximum atomic E-state index is 10.2. The molecule has 0 rings (SSSR count). The van der Waals surface area contributed by atoms with Crippen molar-refractivity contribution in [3.05, 3.63) is 0 Å². The van der Waals surface area contributed by atoms with Crippen molar-refractivity contribution in [2.24, 2.45) is 0 Å². The lowest BCUT2D eigenvalue weighted by Gasteiger charge is -2.02. The monoisotopic (exact) mass is 154 g/mol. The molecule has 0 N–H and O–H groups in total. The molecular formula is C4H7ClO2S. The van der Waals surface area contributed by atoms with Gasteiger partial charge in [0.15, 0.2) is 0 Å². The highest BCUT2D eigenvalue weighted by atomic mass is 35.7. The first-order valence-corrected chi connectivity index (χ1v) is 3.80. The minimum atomic E-state index is -0.443. The van der Waals surface area contributed by atoms with E-state index in [1.54, 1.807) is 13.8 Å². The van der Waals surface area contributed by atoms with E-state index in [1.165, 1.54) is 0 Å². The number of hydrogen-bond donors (Lipinski definition) is 0. The quantitative estimate of drug-likeness (QED) is 0.543. The number of carbonyl (C=O) groups is 1. The van der Waals surface area contributed by atoms with Crippen molar-refractivity contribution in [2.45, 2.75) is 20.0 Å². The third-order valence-corrected chi connectivity index (χ3v) is 0.995. The molecule has 2 nitrogen and oxygen atoms in total. The molecule has 8 heavy (non-hydrogen) atoms. The number of ether oxygens (including phenoxy) is 1. The van der Waals surface area contributed by atoms with Gasteiger partial charge >= 0.3 is 5.30 Å². The van der Waals surface area contributed by atoms with Crippen molar-refractivity contribution in [1.82, 2.24) is 0 Å². The molecule has 0 amide bonds. The molecule has 0 aliphatic rings. The van der Waals surface area contributed by atoms with Crippen LogP contribution in [0.2, 0.25) is 0 Å². The first kappa shape index (κ1) is 8.11. The van der Waals surface area contributed by atoms with E-state index >= 15 is 0 Å². The van der Waals surface area contributed by atoms with E-state index in [2.05, 4.69) is 4.74 Å². The Morgan fingerprint density at radius 3 is 2.38 bits per heavy atom. The zero-order chi connectivity index (χ0) is 6.57. The van der Waals surface area contributed by atoms with Gasteiger partial charge < -0.3 is 4.74 Å². The molecule has 0 aliphatic carbocycles. The Morgan fingerprint density at radius 2 is 2.25 bits per heavy atom. The SMILES string of the molecule is CC(C)OC(=O)SCl. The summed E-state index contributed by atoms with van der Waals surface area (Å²) in [6.07, 6.45) is -0.0752. The van der Waals surface area contributed by atoms with E-state index in [0.717, 1.165) is 0 Å². The van der Waals surface area contributed by atoms with E-state index in [0.29, 0.717) is 11.0 Å². The van der Waals surface area contributed by atoms with Gasteiger partial charge in [0.25, 0.3) is 0 Å². The third kappa shape index (κ3) is 4.27. The highest BCUT2D eigenvalue weighted by Gasteiger charge is 2.01. The van der Waals surface area contributed by atoms with Crippen molar-refractivity contribution >= 4 is 27.0 Å². The van der Waals surface area contributed by atoms with Gasteiger partial charge in [-0.2, -0.15) is 0 Å². The molecule has 0 aromatic heterocycles. The van der Waals surface area contributed by atoms with Crippen molar-refractivity contribution < 1.29 is 9.53 Å². The molecule has 0 atom stereocenters. The Balaban J connectivity index is 3.25. The molecule has 0 aromatic rings. The van der Waals surface area contributed by atoms with Gasteiger partial charge in [-0.1, -0.05) is 0 Å². The number of halogens is 1. The smallest absolute Gasteiger partial charge is 0.383 e. The van der Waals surface area contributed by atoms with E-state index in [9.17, 15) is 4.79 Å². The van der Waals surface area contributed by atoms with Gasteiger partial charge in [0, 0.05) is 0 Å². The Labute approximate surface area is 57.0 Å². The molecule has 0 spiro atoms. The molecule has 0 saturated carbocycles. The van der Waals surface area contributed by atoms with Gasteiger partial charge in [0.05, 0.1) is 17.1 Å². The summed E-state index contributed by atoms with van der Waals surface area (Å²) >= 11 is 0. The molecule has 0 saturated heterocycles. The highest BCUT2D eigenvalue weighted by Crippen LogP contribution is 2.10. The van der Waals surface area contributed by atoms with Crippen LogP contribution in [0.15, 0.2) is 0 Å². The van der Waals surface area contributed by atoms with Gasteiger partial charge in [-0.05, 0) is 24.5 Å². The molecule has 4 heteroatoms. The van der Waals surface area contributed by atoms with Crippen molar-refractivity contribution in [3.8, 4) is 0 Å². The number of carbonyl (C=O) groups excluding carboxylic acids is 1. The second-order valence-corrected chi connectivity index (χ2v) is 2.44. The Bertz CT molecular complexity index is 84.1. The van der Waals surface area contributed by atoms with Crippen molar-refractivity contribution in [3.63, 3.8) is 0 Å². The van der Waals surface area contributed by atoms with Crippen LogP contribution in [0.1, 0.15) is 13.8 Å². The maximum Gasteiger partial charge on any atom is 0.383 e. The van der Waals surface area contributed by atoms with Crippen LogP contribution in [0.25, 0.3) is 0 Å². The van der Waals surface area contributed by atoms with E-state index in [4.69, 9.17) is 10.7 Å². The molecule has 48 valence electrons. The van der Waals surface area contributed by atoms with Crippen LogP contribution in [0.4, 0.5) is 4.79 Å². The summed E-state index contributed by atoms with van der Waals surface area (Å²) in [5.41, 5.74) is 0. The van der Waals surface area contributed by atoms with Gasteiger partial charge in [-0.15, -0.1) is 0 Å². The standard InChI is InChI=1S/C4H7ClO2S/c1-3(2)7-4(6)8-5/h3H,1-2H3. The summed E-state index contributed by atoms with van der Waals surface area (Å²) in [6.45, 7) is 3.54. The van der Waals surface area contributed by atoms with Crippen LogP contribution in [0, 0.1) is 0 Å². The Morgan fingerprint density at radius 1 is 1.75 bits per heavy atom. The predicted molar refractivity (Wildman–Crippen MR) is 35.1 cm³/mol. The minimum Gasteiger partial charge on any atom is -0.454 e. The Hall–Kier alpha value is 0.110. The largest absolute Gasteiger partial charge is 0.454 e. The molecule has 0 radical (unpaired) electrons. The van der Waals surface area contributed by atoms with Gasteiger partial charge in [-0.25, -0.2) is 4.79 Å². The molecule has 0 heterocycles. The van der Waals surface area contributed by atoms with Crippen LogP contribution in [-0.4, -0.2) is 11.4 Å². The zero-order valence-corrected chi connectivity index (χ0v) is 6.25. The number of hydrogen-bond acceptors (Lipinski definition) is 3. The predicted octanol–water partition coefficient (Wildman–Crippen LogP) is 2.42. The summed E-state index contributed by atoms with van der Waals surface area (Å²) in [5.74, 6) is 0. The van der Waals surface area contributed by atoms with Crippen LogP contribution >= 0.6 is 21.7 Å². The third-order valence-electron chi connectivity index (χ3n) is 0.395. The van der Waals surface area contributed by atoms with Crippen LogP contribution in [0.3, 0.4) is 0 Å². The maximum absolute atomic E-state index is 10.2. The lowest BCUT2D eigenvalue weighted by atomic mass is 10.5. The summed E-state index contributed by atoms with van der Waals surface area (Å²) in [6, 6.07) is 0. The van der Waals surface area contributed by atoms with Gasteiger partial charge in [0.1, 0.15) is 0 Å². The molecule has 0 fully saturated rings. The second kappa shape index (κ2) is 4.04. The minimum absolute atomic E-state index is 0.0752. The normalized spacial score (nSPS) is 9.50. The van der Waals surface area contributed by atoms with Crippen LogP contribution in [-0.2, 0) is 4.74 Å². The molecular weight excluding hydrogens is 148 g/mol. The molecule has 0 aromatic carbocycles. The fourth-order valence-electron chi connectivity index (χ4n) is 0.211. The Kier molecular flexibility index (Phi) is 4.09. The van der Waals surface area contributed by atoms with Crippen molar-refractivity contribution in [2.75, 3.05) is 0 Å². The van der Waals surface area contributed by atoms with E-state index < -0.39 is 5.30 Å². The van der Waals surface area contributed by atoms with Crippen LogP contribution in [0.5, 0.6) is 0 Å². The first-order valence-electron chi connectivity index (χ1n) is 2.16. The number of rotatable bonds is 1. The molecule has 0 aliphatic heterocycles. The summed E-state index contributed by atoms with van der Waals surface area (Å²) in [4.78, 5) is 10.2. The molecule has 0 bridgehead atoms. The lowest BCUT2D eigenvalue weighted by molar-refractivity contribution is 0.143. The zero-order valence-electron chi connectivity index (χ0n) is 4.68.